The largest absolute Gasteiger partial charge is 0.383 e. The zero-order valence-corrected chi connectivity index (χ0v) is 14.6. The molecule has 0 bridgehead atoms. The third-order valence-corrected chi connectivity index (χ3v) is 3.60. The fourth-order valence-corrected chi connectivity index (χ4v) is 2.27. The summed E-state index contributed by atoms with van der Waals surface area (Å²) in [5, 5.41) is 0. The van der Waals surface area contributed by atoms with Gasteiger partial charge in [0.2, 0.25) is 0 Å². The van der Waals surface area contributed by atoms with Gasteiger partial charge in [-0.1, -0.05) is 0 Å². The monoisotopic (exact) mass is 356 g/mol. The Morgan fingerprint density at radius 2 is 0.773 bits per heavy atom. The topological polar surface area (TPSA) is 43.4 Å². The van der Waals surface area contributed by atoms with E-state index < -0.39 is 0 Å². The second-order valence-corrected chi connectivity index (χ2v) is 5.11. The average Bonchev–Trinajstić information content (AvgIpc) is 2.44. The van der Waals surface area contributed by atoms with E-state index in [1.54, 1.807) is 40.6 Å². The molecule has 140 valence electrons. The van der Waals surface area contributed by atoms with Crippen molar-refractivity contribution < 1.29 is 33.1 Å². The van der Waals surface area contributed by atoms with Crippen LogP contribution in [0.1, 0.15) is 0 Å². The Hall–Kier alpha value is -0.100. The van der Waals surface area contributed by atoms with Crippen LogP contribution in [0.25, 0.3) is 0 Å². The molecule has 0 unspecified atom stereocenters. The predicted octanol–water partition coefficient (Wildman–Crippen LogP) is 1.20. The van der Waals surface area contributed by atoms with Gasteiger partial charge in [0.05, 0.1) is 26.4 Å². The molecule has 0 aliphatic carbocycles. The van der Waals surface area contributed by atoms with Crippen LogP contribution in [0.4, 0.5) is 14.1 Å². The zero-order valence-electron chi connectivity index (χ0n) is 13.8. The number of rotatable bonds is 14. The first-order valence-electron chi connectivity index (χ1n) is 6.42. The van der Waals surface area contributed by atoms with Crippen LogP contribution in [0.2, 0.25) is 0 Å². The Labute approximate surface area is 135 Å². The van der Waals surface area contributed by atoms with Crippen molar-refractivity contribution in [3.05, 3.63) is 0 Å². The summed E-state index contributed by atoms with van der Waals surface area (Å²) in [6, 6.07) is 0. The van der Waals surface area contributed by atoms with Crippen LogP contribution >= 0.6 is 12.1 Å². The molecule has 0 saturated carbocycles. The minimum absolute atomic E-state index is 0. The summed E-state index contributed by atoms with van der Waals surface area (Å²) in [7, 11) is 6.86. The smallest absolute Gasteiger partial charge is 0.0599 e. The summed E-state index contributed by atoms with van der Waals surface area (Å²) < 4.78 is 25.0. The van der Waals surface area contributed by atoms with Gasteiger partial charge in [-0.2, -0.15) is 0 Å². The molecule has 0 aliphatic heterocycles. The first-order chi connectivity index (χ1) is 9.28. The minimum Gasteiger partial charge on any atom is -0.383 e. The lowest BCUT2D eigenvalue weighted by atomic mass is 10.6. The van der Waals surface area contributed by atoms with Crippen molar-refractivity contribution in [2.75, 3.05) is 81.0 Å². The van der Waals surface area contributed by atoms with E-state index in [-0.39, 0.29) is 14.1 Å². The van der Waals surface area contributed by atoms with Crippen molar-refractivity contribution in [2.45, 2.75) is 0 Å². The highest BCUT2D eigenvalue weighted by molar-refractivity contribution is 7.94. The number of methoxy groups -OCH3 is 4. The van der Waals surface area contributed by atoms with Gasteiger partial charge in [0.1, 0.15) is 0 Å². The number of halogens is 3. The molecule has 6 nitrogen and oxygen atoms in total. The van der Waals surface area contributed by atoms with Gasteiger partial charge in [-0.25, -0.2) is 8.61 Å². The van der Waals surface area contributed by atoms with Crippen molar-refractivity contribution in [1.82, 2.24) is 8.61 Å². The van der Waals surface area contributed by atoms with Gasteiger partial charge in [-0.15, -0.1) is 0 Å². The molecule has 0 N–H and O–H groups in total. The maximum absolute atomic E-state index is 5.13. The van der Waals surface area contributed by atoms with Crippen LogP contribution in [-0.2, 0) is 18.9 Å². The van der Waals surface area contributed by atoms with Crippen LogP contribution in [0, 0.1) is 0 Å². The van der Waals surface area contributed by atoms with E-state index in [0.717, 1.165) is 26.2 Å². The van der Waals surface area contributed by atoms with Gasteiger partial charge in [0.25, 0.3) is 0 Å². The molecule has 0 aromatic rings. The van der Waals surface area contributed by atoms with E-state index in [1.165, 1.54) is 0 Å². The summed E-state index contributed by atoms with van der Waals surface area (Å²) in [6.07, 6.45) is 0. The molecule has 0 spiro atoms. The Kier molecular flexibility index (Phi) is 31.4. The van der Waals surface area contributed by atoms with Crippen LogP contribution < -0.4 is 0 Å². The van der Waals surface area contributed by atoms with Crippen molar-refractivity contribution in [3.8, 4) is 0 Å². The second kappa shape index (κ2) is 23.2. The highest BCUT2D eigenvalue weighted by atomic mass is 32.2. The highest BCUT2D eigenvalue weighted by Gasteiger charge is 2.12. The molecule has 0 aliphatic rings. The van der Waals surface area contributed by atoms with Crippen molar-refractivity contribution in [3.63, 3.8) is 0 Å². The van der Waals surface area contributed by atoms with Crippen molar-refractivity contribution in [2.24, 2.45) is 0 Å². The molecular formula is C12H31F3N2O4S. The molecule has 22 heavy (non-hydrogen) atoms. The summed E-state index contributed by atoms with van der Waals surface area (Å²) in [5.41, 5.74) is 0. The third kappa shape index (κ3) is 18.0. The molecular weight excluding hydrogens is 325 g/mol. The van der Waals surface area contributed by atoms with E-state index in [0.29, 0.717) is 26.4 Å². The fourth-order valence-electron chi connectivity index (χ4n) is 1.32. The van der Waals surface area contributed by atoms with Gasteiger partial charge >= 0.3 is 0 Å². The SMILES string of the molecule is COCCN(CCOC)SN(CCOC)CCOC.F.F.F. The van der Waals surface area contributed by atoms with Crippen LogP contribution in [0.3, 0.4) is 0 Å². The molecule has 0 aromatic heterocycles. The maximum Gasteiger partial charge on any atom is 0.0599 e. The number of hydrogen-bond acceptors (Lipinski definition) is 7. The zero-order chi connectivity index (χ0) is 14.3. The van der Waals surface area contributed by atoms with E-state index >= 15 is 0 Å². The van der Waals surface area contributed by atoms with E-state index in [4.69, 9.17) is 18.9 Å². The molecule has 0 aromatic carbocycles. The molecule has 0 rings (SSSR count). The quantitative estimate of drug-likeness (QED) is 0.433. The van der Waals surface area contributed by atoms with Crippen LogP contribution in [-0.4, -0.2) is 89.7 Å². The van der Waals surface area contributed by atoms with Crippen molar-refractivity contribution >= 4 is 12.1 Å². The second-order valence-electron chi connectivity index (χ2n) is 3.91. The summed E-state index contributed by atoms with van der Waals surface area (Å²) >= 11 is 1.70. The van der Waals surface area contributed by atoms with Gasteiger partial charge in [0, 0.05) is 66.8 Å². The standard InChI is InChI=1S/C12H28N2O4S.3FH/c1-15-9-5-13(6-10-16-2)19-14(7-11-17-3)8-12-18-4;;;/h5-12H2,1-4H3;3*1H. The van der Waals surface area contributed by atoms with Gasteiger partial charge in [-0.3, -0.25) is 14.1 Å². The summed E-state index contributed by atoms with van der Waals surface area (Å²) in [6.45, 7) is 6.28. The van der Waals surface area contributed by atoms with E-state index in [1.807, 2.05) is 0 Å². The molecule has 0 radical (unpaired) electrons. The lowest BCUT2D eigenvalue weighted by Gasteiger charge is -2.28. The number of hydrogen-bond donors (Lipinski definition) is 0. The van der Waals surface area contributed by atoms with Gasteiger partial charge in [0.15, 0.2) is 0 Å². The lowest BCUT2D eigenvalue weighted by Crippen LogP contribution is -2.33. The van der Waals surface area contributed by atoms with E-state index in [9.17, 15) is 0 Å². The summed E-state index contributed by atoms with van der Waals surface area (Å²) in [4.78, 5) is 0. The number of nitrogens with zero attached hydrogens (tertiary/aromatic N) is 2. The first kappa shape index (κ1) is 29.9. The van der Waals surface area contributed by atoms with Gasteiger partial charge < -0.3 is 18.9 Å². The molecule has 0 fully saturated rings. The molecule has 0 saturated heterocycles. The van der Waals surface area contributed by atoms with Gasteiger partial charge in [-0.05, 0) is 0 Å². The summed E-state index contributed by atoms with van der Waals surface area (Å²) in [5.74, 6) is 0. The fraction of sp³-hybridized carbons (Fsp3) is 1.00. The Morgan fingerprint density at radius 1 is 0.545 bits per heavy atom. The highest BCUT2D eigenvalue weighted by Crippen LogP contribution is 2.15. The molecule has 10 heteroatoms. The van der Waals surface area contributed by atoms with Crippen LogP contribution in [0.5, 0.6) is 0 Å². The minimum atomic E-state index is 0. The first-order valence-corrected chi connectivity index (χ1v) is 7.15. The molecule has 0 heterocycles. The number of ether oxygens (including phenoxy) is 4. The lowest BCUT2D eigenvalue weighted by molar-refractivity contribution is 0.143. The Morgan fingerprint density at radius 3 is 0.955 bits per heavy atom. The van der Waals surface area contributed by atoms with E-state index in [2.05, 4.69) is 8.61 Å². The van der Waals surface area contributed by atoms with Crippen molar-refractivity contribution in [1.29, 1.82) is 0 Å². The maximum atomic E-state index is 5.13. The Bertz CT molecular complexity index is 168. The predicted molar refractivity (Wildman–Crippen MR) is 85.8 cm³/mol. The normalized spacial score (nSPS) is 10.1. The van der Waals surface area contributed by atoms with Crippen LogP contribution in [0.15, 0.2) is 0 Å². The molecule has 0 atom stereocenters. The average molecular weight is 356 g/mol. The third-order valence-electron chi connectivity index (χ3n) is 2.41. The Balaban J connectivity index is -0.000000540. The molecule has 0 amide bonds.